The topological polar surface area (TPSA) is 141 Å². The van der Waals surface area contributed by atoms with E-state index in [2.05, 4.69) is 35.6 Å². The van der Waals surface area contributed by atoms with E-state index in [9.17, 15) is 14.0 Å². The number of piperidine rings is 1. The van der Waals surface area contributed by atoms with Gasteiger partial charge >= 0.3 is 6.03 Å². The molecule has 2 fully saturated rings. The number of H-pyrrole nitrogens is 1. The van der Waals surface area contributed by atoms with Gasteiger partial charge in [0.2, 0.25) is 5.95 Å². The van der Waals surface area contributed by atoms with E-state index < -0.39 is 17.4 Å². The fraction of sp³-hybridized carbons (Fsp3) is 0.370. The van der Waals surface area contributed by atoms with Crippen LogP contribution in [0.1, 0.15) is 42.8 Å². The summed E-state index contributed by atoms with van der Waals surface area (Å²) >= 11 is 0. The number of nitrogens with one attached hydrogen (secondary N) is 2. The van der Waals surface area contributed by atoms with E-state index in [1.807, 2.05) is 30.9 Å². The highest BCUT2D eigenvalue weighted by Crippen LogP contribution is 2.40. The zero-order valence-electron chi connectivity index (χ0n) is 23.2. The van der Waals surface area contributed by atoms with Crippen LogP contribution in [0.5, 0.6) is 0 Å². The molecular formula is C27H30FN11O2. The Bertz CT molecular complexity index is 1610. The van der Waals surface area contributed by atoms with Gasteiger partial charge in [-0.1, -0.05) is 6.07 Å². The van der Waals surface area contributed by atoms with Crippen molar-refractivity contribution in [1.82, 2.24) is 44.7 Å². The molecule has 41 heavy (non-hydrogen) atoms. The molecule has 4 aromatic heterocycles. The number of pyridine rings is 1. The molecule has 0 saturated carbocycles. The van der Waals surface area contributed by atoms with Crippen LogP contribution >= 0.6 is 0 Å². The number of likely N-dealkylation sites (N-methyl/N-ethyl adjacent to an activating group) is 1. The fourth-order valence-corrected chi connectivity index (χ4v) is 5.49. The first kappa shape index (κ1) is 26.3. The minimum absolute atomic E-state index is 0.225. The number of amides is 3. The van der Waals surface area contributed by atoms with E-state index in [1.54, 1.807) is 37.2 Å². The standard InChI is InChI=1S/C27H30FN11O2/c1-16-11-21(32-22-12-17(2)34-35-22)33-25(31-16)37-9-7-27(8-10-37)24(40)39(26(41)36(27)4)18(3)19-5-6-23(29-13-19)38-15-20(28)14-30-38/h5-6,11-15,18H,7-10H2,1-4H3,(H2,31,32,33,34,35)/t18-/m0/s1. The normalized spacial score (nSPS) is 17.5. The third kappa shape index (κ3) is 4.64. The summed E-state index contributed by atoms with van der Waals surface area (Å²) in [4.78, 5) is 45.9. The van der Waals surface area contributed by atoms with Gasteiger partial charge in [-0.25, -0.2) is 23.8 Å². The summed E-state index contributed by atoms with van der Waals surface area (Å²) in [6.07, 6.45) is 4.79. The van der Waals surface area contributed by atoms with Gasteiger partial charge < -0.3 is 15.1 Å². The smallest absolute Gasteiger partial charge is 0.327 e. The van der Waals surface area contributed by atoms with Crippen LogP contribution in [-0.4, -0.2) is 82.3 Å². The van der Waals surface area contributed by atoms with Crippen LogP contribution in [0.3, 0.4) is 0 Å². The minimum Gasteiger partial charge on any atom is -0.341 e. The van der Waals surface area contributed by atoms with Crippen molar-refractivity contribution in [3.05, 3.63) is 65.6 Å². The summed E-state index contributed by atoms with van der Waals surface area (Å²) in [5.41, 5.74) is 1.47. The number of nitrogens with zero attached hydrogens (tertiary/aromatic N) is 9. The molecule has 2 aliphatic rings. The number of halogens is 1. The van der Waals surface area contributed by atoms with Gasteiger partial charge in [-0.15, -0.1) is 0 Å². The molecule has 2 saturated heterocycles. The van der Waals surface area contributed by atoms with Crippen molar-refractivity contribution < 1.29 is 14.0 Å². The summed E-state index contributed by atoms with van der Waals surface area (Å²) in [6.45, 7) is 6.64. The molecule has 0 aromatic carbocycles. The van der Waals surface area contributed by atoms with Gasteiger partial charge in [0.25, 0.3) is 5.91 Å². The van der Waals surface area contributed by atoms with Crippen LogP contribution in [0, 0.1) is 19.7 Å². The first-order valence-corrected chi connectivity index (χ1v) is 13.3. The second-order valence-corrected chi connectivity index (χ2v) is 10.5. The van der Waals surface area contributed by atoms with Crippen molar-refractivity contribution in [2.45, 2.75) is 45.2 Å². The SMILES string of the molecule is Cc1cc(Nc2cc(C)[nH]n2)nc(N2CCC3(CC2)C(=O)N([C@@H](C)c2ccc(-n4cc(F)cn4)nc2)C(=O)N3C)n1. The second-order valence-electron chi connectivity index (χ2n) is 10.5. The Morgan fingerprint density at radius 1 is 1.07 bits per heavy atom. The molecule has 2 N–H and O–H groups in total. The van der Waals surface area contributed by atoms with Gasteiger partial charge in [0.05, 0.1) is 18.4 Å². The second kappa shape index (κ2) is 9.94. The van der Waals surface area contributed by atoms with Crippen LogP contribution in [0.25, 0.3) is 5.82 Å². The molecule has 3 amide bonds. The third-order valence-electron chi connectivity index (χ3n) is 7.86. The predicted octanol–water partition coefficient (Wildman–Crippen LogP) is 3.27. The Hall–Kier alpha value is -4.88. The van der Waals surface area contributed by atoms with E-state index in [4.69, 9.17) is 0 Å². The Kier molecular flexibility index (Phi) is 6.39. The molecule has 6 rings (SSSR count). The molecule has 1 spiro atoms. The lowest BCUT2D eigenvalue weighted by molar-refractivity contribution is -0.135. The van der Waals surface area contributed by atoms with Gasteiger partial charge in [0.15, 0.2) is 17.5 Å². The molecule has 0 unspecified atom stereocenters. The quantitative estimate of drug-likeness (QED) is 0.341. The monoisotopic (exact) mass is 559 g/mol. The van der Waals surface area contributed by atoms with Crippen LogP contribution in [0.4, 0.5) is 26.8 Å². The molecule has 2 aliphatic heterocycles. The summed E-state index contributed by atoms with van der Waals surface area (Å²) < 4.78 is 14.7. The lowest BCUT2D eigenvalue weighted by atomic mass is 9.86. The van der Waals surface area contributed by atoms with Gasteiger partial charge in [-0.2, -0.15) is 15.2 Å². The highest BCUT2D eigenvalue weighted by molar-refractivity contribution is 6.07. The van der Waals surface area contributed by atoms with Crippen LogP contribution in [0.15, 0.2) is 42.9 Å². The first-order valence-electron chi connectivity index (χ1n) is 13.3. The van der Waals surface area contributed by atoms with E-state index >= 15 is 0 Å². The van der Waals surface area contributed by atoms with Gasteiger partial charge in [-0.05, 0) is 45.2 Å². The number of anilines is 3. The fourth-order valence-electron chi connectivity index (χ4n) is 5.49. The van der Waals surface area contributed by atoms with Gasteiger partial charge in [0, 0.05) is 49.9 Å². The van der Waals surface area contributed by atoms with E-state index in [0.29, 0.717) is 54.9 Å². The highest BCUT2D eigenvalue weighted by Gasteiger charge is 2.57. The number of hydrogen-bond acceptors (Lipinski definition) is 9. The van der Waals surface area contributed by atoms with E-state index in [0.717, 1.165) is 17.6 Å². The van der Waals surface area contributed by atoms with Crippen molar-refractivity contribution in [3.8, 4) is 5.82 Å². The molecule has 14 heteroatoms. The molecule has 4 aromatic rings. The van der Waals surface area contributed by atoms with Crippen molar-refractivity contribution in [2.75, 3.05) is 30.4 Å². The summed E-state index contributed by atoms with van der Waals surface area (Å²) in [7, 11) is 1.69. The molecule has 13 nitrogen and oxygen atoms in total. The van der Waals surface area contributed by atoms with Crippen LogP contribution < -0.4 is 10.2 Å². The number of rotatable bonds is 6. The maximum Gasteiger partial charge on any atom is 0.327 e. The Balaban J connectivity index is 1.17. The number of imide groups is 1. The van der Waals surface area contributed by atoms with Gasteiger partial charge in [-0.3, -0.25) is 14.8 Å². The number of aryl methyl sites for hydroxylation is 2. The summed E-state index contributed by atoms with van der Waals surface area (Å²) in [5.74, 6) is 1.59. The number of carbonyl (C=O) groups excluding carboxylic acids is 2. The highest BCUT2D eigenvalue weighted by atomic mass is 19.1. The Labute approximate surface area is 235 Å². The molecule has 1 atom stereocenters. The van der Waals surface area contributed by atoms with Crippen LogP contribution in [-0.2, 0) is 4.79 Å². The zero-order valence-corrected chi connectivity index (χ0v) is 23.2. The van der Waals surface area contributed by atoms with Crippen LogP contribution in [0.2, 0.25) is 0 Å². The summed E-state index contributed by atoms with van der Waals surface area (Å²) in [6, 6.07) is 6.30. The van der Waals surface area contributed by atoms with Crippen molar-refractivity contribution in [3.63, 3.8) is 0 Å². The average Bonchev–Trinajstić information content (AvgIpc) is 3.63. The minimum atomic E-state index is -0.945. The number of hydrogen-bond donors (Lipinski definition) is 2. The number of carbonyl (C=O) groups is 2. The number of aromatic amines is 1. The van der Waals surface area contributed by atoms with E-state index in [-0.39, 0.29) is 11.9 Å². The molecule has 212 valence electrons. The lowest BCUT2D eigenvalue weighted by Gasteiger charge is -2.41. The zero-order chi connectivity index (χ0) is 28.9. The number of aromatic nitrogens is 7. The maximum absolute atomic E-state index is 13.9. The largest absolute Gasteiger partial charge is 0.341 e. The molecule has 0 bridgehead atoms. The van der Waals surface area contributed by atoms with Crippen molar-refractivity contribution in [2.24, 2.45) is 0 Å². The van der Waals surface area contributed by atoms with Crippen molar-refractivity contribution >= 4 is 29.5 Å². The maximum atomic E-state index is 13.9. The molecule has 0 radical (unpaired) electrons. The number of urea groups is 1. The Morgan fingerprint density at radius 3 is 2.49 bits per heavy atom. The first-order chi connectivity index (χ1) is 19.6. The molecule has 6 heterocycles. The van der Waals surface area contributed by atoms with E-state index in [1.165, 1.54) is 15.8 Å². The van der Waals surface area contributed by atoms with Crippen molar-refractivity contribution in [1.29, 1.82) is 0 Å². The molecular weight excluding hydrogens is 529 g/mol. The predicted molar refractivity (Wildman–Crippen MR) is 147 cm³/mol. The van der Waals surface area contributed by atoms with Gasteiger partial charge in [0.1, 0.15) is 11.4 Å². The Morgan fingerprint density at radius 2 is 1.85 bits per heavy atom. The molecule has 0 aliphatic carbocycles. The average molecular weight is 560 g/mol. The lowest BCUT2D eigenvalue weighted by Crippen LogP contribution is -2.55. The third-order valence-corrected chi connectivity index (χ3v) is 7.86. The summed E-state index contributed by atoms with van der Waals surface area (Å²) in [5, 5.41) is 14.2.